The van der Waals surface area contributed by atoms with E-state index in [4.69, 9.17) is 9.47 Å². The molecule has 2 aromatic rings. The van der Waals surface area contributed by atoms with Crippen LogP contribution >= 0.6 is 0 Å². The Morgan fingerprint density at radius 2 is 2.11 bits per heavy atom. The Morgan fingerprint density at radius 3 is 2.86 bits per heavy atom. The molecule has 3 rings (SSSR count). The maximum absolute atomic E-state index is 12.7. The minimum Gasteiger partial charge on any atom is -0.497 e. The van der Waals surface area contributed by atoms with Crippen molar-refractivity contribution in [3.8, 4) is 5.75 Å². The number of nitrogens with zero attached hydrogens (tertiary/aromatic N) is 1. The molecular formula is C22H27N3O3. The van der Waals surface area contributed by atoms with Crippen LogP contribution in [0.5, 0.6) is 5.75 Å². The standard InChI is InChI=1S/C22H27N3O3/c1-3-16-7-4-9-18(13-16)24-22(23-15-20-11-6-12-28-20)25-21(26)17-8-5-10-19(14-17)27-2/h4-5,7-10,13-14,20H,3,6,11-12,15H2,1-2H3,(H2,23,24,25,26)/t20-/m0/s1. The molecule has 1 saturated heterocycles. The molecule has 2 aromatic carbocycles. The second-order valence-electron chi connectivity index (χ2n) is 6.69. The molecule has 1 aliphatic rings. The fourth-order valence-electron chi connectivity index (χ4n) is 3.04. The Bertz CT molecular complexity index is 829. The van der Waals surface area contributed by atoms with Gasteiger partial charge < -0.3 is 14.8 Å². The van der Waals surface area contributed by atoms with Crippen molar-refractivity contribution in [2.75, 3.05) is 25.6 Å². The smallest absolute Gasteiger partial charge is 0.258 e. The molecule has 1 fully saturated rings. The number of amides is 1. The molecule has 6 heteroatoms. The van der Waals surface area contributed by atoms with E-state index in [-0.39, 0.29) is 12.0 Å². The molecule has 1 atom stereocenters. The number of rotatable bonds is 6. The SMILES string of the molecule is CCc1cccc(NC(=NC[C@@H]2CCCO2)NC(=O)c2cccc(OC)c2)c1. The van der Waals surface area contributed by atoms with Gasteiger partial charge in [-0.2, -0.15) is 0 Å². The molecular weight excluding hydrogens is 354 g/mol. The van der Waals surface area contributed by atoms with Crippen LogP contribution in [0.3, 0.4) is 0 Å². The van der Waals surface area contributed by atoms with E-state index in [1.165, 1.54) is 5.56 Å². The first-order chi connectivity index (χ1) is 13.7. The van der Waals surface area contributed by atoms with Crippen molar-refractivity contribution in [2.45, 2.75) is 32.3 Å². The lowest BCUT2D eigenvalue weighted by atomic mass is 10.1. The van der Waals surface area contributed by atoms with Gasteiger partial charge in [-0.05, 0) is 55.2 Å². The van der Waals surface area contributed by atoms with Crippen LogP contribution in [0.2, 0.25) is 0 Å². The van der Waals surface area contributed by atoms with E-state index >= 15 is 0 Å². The van der Waals surface area contributed by atoms with Gasteiger partial charge in [0.05, 0.1) is 19.8 Å². The molecule has 0 aliphatic carbocycles. The third-order valence-electron chi connectivity index (χ3n) is 4.64. The Kier molecular flexibility index (Phi) is 7.03. The molecule has 2 N–H and O–H groups in total. The average molecular weight is 381 g/mol. The summed E-state index contributed by atoms with van der Waals surface area (Å²) in [6.45, 7) is 3.39. The number of carbonyl (C=O) groups excluding carboxylic acids is 1. The third-order valence-corrected chi connectivity index (χ3v) is 4.64. The van der Waals surface area contributed by atoms with Crippen LogP contribution in [0.15, 0.2) is 53.5 Å². The van der Waals surface area contributed by atoms with Crippen LogP contribution in [0, 0.1) is 0 Å². The zero-order valence-electron chi connectivity index (χ0n) is 16.4. The number of nitrogens with one attached hydrogen (secondary N) is 2. The molecule has 0 radical (unpaired) electrons. The van der Waals surface area contributed by atoms with Crippen molar-refractivity contribution in [3.63, 3.8) is 0 Å². The van der Waals surface area contributed by atoms with Crippen LogP contribution in [0.4, 0.5) is 5.69 Å². The first-order valence-corrected chi connectivity index (χ1v) is 9.65. The highest BCUT2D eigenvalue weighted by molar-refractivity contribution is 6.10. The molecule has 0 spiro atoms. The second-order valence-corrected chi connectivity index (χ2v) is 6.69. The summed E-state index contributed by atoms with van der Waals surface area (Å²) < 4.78 is 10.8. The molecule has 1 amide bonds. The maximum Gasteiger partial charge on any atom is 0.258 e. The molecule has 1 heterocycles. The highest BCUT2D eigenvalue weighted by Gasteiger charge is 2.16. The number of methoxy groups -OCH3 is 1. The van der Waals surface area contributed by atoms with E-state index < -0.39 is 0 Å². The first-order valence-electron chi connectivity index (χ1n) is 9.65. The highest BCUT2D eigenvalue weighted by Crippen LogP contribution is 2.15. The molecule has 0 unspecified atom stereocenters. The number of aryl methyl sites for hydroxylation is 1. The summed E-state index contributed by atoms with van der Waals surface area (Å²) >= 11 is 0. The maximum atomic E-state index is 12.7. The van der Waals surface area contributed by atoms with Gasteiger partial charge >= 0.3 is 0 Å². The zero-order chi connectivity index (χ0) is 19.8. The van der Waals surface area contributed by atoms with Crippen molar-refractivity contribution in [1.29, 1.82) is 0 Å². The summed E-state index contributed by atoms with van der Waals surface area (Å²) in [5.41, 5.74) is 2.60. The Labute approximate surface area is 166 Å². The van der Waals surface area contributed by atoms with Gasteiger partial charge in [-0.15, -0.1) is 0 Å². The summed E-state index contributed by atoms with van der Waals surface area (Å²) in [4.78, 5) is 17.3. The summed E-state index contributed by atoms with van der Waals surface area (Å²) in [5, 5.41) is 6.12. The van der Waals surface area contributed by atoms with Gasteiger partial charge in [0.1, 0.15) is 5.75 Å². The number of hydrogen-bond donors (Lipinski definition) is 2. The summed E-state index contributed by atoms with van der Waals surface area (Å²) in [6.07, 6.45) is 3.09. The minimum absolute atomic E-state index is 0.104. The van der Waals surface area contributed by atoms with E-state index in [9.17, 15) is 4.79 Å². The largest absolute Gasteiger partial charge is 0.497 e. The Hall–Kier alpha value is -2.86. The molecule has 1 aliphatic heterocycles. The van der Waals surface area contributed by atoms with E-state index in [2.05, 4.69) is 34.7 Å². The van der Waals surface area contributed by atoms with Crippen LogP contribution in [0.1, 0.15) is 35.7 Å². The van der Waals surface area contributed by atoms with E-state index in [0.717, 1.165) is 31.6 Å². The first kappa shape index (κ1) is 19.9. The number of anilines is 1. The normalized spacial score (nSPS) is 16.6. The van der Waals surface area contributed by atoms with Crippen molar-refractivity contribution in [3.05, 3.63) is 59.7 Å². The topological polar surface area (TPSA) is 72.0 Å². The van der Waals surface area contributed by atoms with Gasteiger partial charge in [0, 0.05) is 17.9 Å². The molecule has 0 bridgehead atoms. The van der Waals surface area contributed by atoms with Gasteiger partial charge in [-0.1, -0.05) is 25.1 Å². The van der Waals surface area contributed by atoms with Crippen LogP contribution in [0.25, 0.3) is 0 Å². The summed E-state index contributed by atoms with van der Waals surface area (Å²) in [7, 11) is 1.58. The average Bonchev–Trinajstić information content (AvgIpc) is 3.26. The van der Waals surface area contributed by atoms with Gasteiger partial charge in [-0.3, -0.25) is 10.1 Å². The van der Waals surface area contributed by atoms with Crippen molar-refractivity contribution in [2.24, 2.45) is 4.99 Å². The summed E-state index contributed by atoms with van der Waals surface area (Å²) in [5.74, 6) is 0.801. The van der Waals surface area contributed by atoms with Crippen molar-refractivity contribution < 1.29 is 14.3 Å². The molecule has 28 heavy (non-hydrogen) atoms. The van der Waals surface area contributed by atoms with Crippen molar-refractivity contribution >= 4 is 17.6 Å². The highest BCUT2D eigenvalue weighted by atomic mass is 16.5. The lowest BCUT2D eigenvalue weighted by Crippen LogP contribution is -2.36. The monoisotopic (exact) mass is 381 g/mol. The minimum atomic E-state index is -0.246. The van der Waals surface area contributed by atoms with Crippen LogP contribution in [-0.4, -0.2) is 38.2 Å². The fraction of sp³-hybridized carbons (Fsp3) is 0.364. The van der Waals surface area contributed by atoms with Crippen molar-refractivity contribution in [1.82, 2.24) is 5.32 Å². The molecule has 0 saturated carbocycles. The predicted molar refractivity (Wildman–Crippen MR) is 111 cm³/mol. The number of carbonyl (C=O) groups is 1. The molecule has 148 valence electrons. The number of ether oxygens (including phenoxy) is 2. The number of aliphatic imine (C=N–C) groups is 1. The summed E-state index contributed by atoms with van der Waals surface area (Å²) in [6, 6.07) is 15.1. The van der Waals surface area contributed by atoms with Gasteiger partial charge in [0.2, 0.25) is 5.96 Å². The van der Waals surface area contributed by atoms with E-state index in [0.29, 0.717) is 23.8 Å². The van der Waals surface area contributed by atoms with Gasteiger partial charge in [-0.25, -0.2) is 4.99 Å². The quantitative estimate of drug-likeness (QED) is 0.592. The lowest BCUT2D eigenvalue weighted by molar-refractivity contribution is 0.0975. The Morgan fingerprint density at radius 1 is 1.25 bits per heavy atom. The number of guanidine groups is 1. The van der Waals surface area contributed by atoms with Gasteiger partial charge in [0.15, 0.2) is 0 Å². The predicted octanol–water partition coefficient (Wildman–Crippen LogP) is 3.63. The lowest BCUT2D eigenvalue weighted by Gasteiger charge is -2.14. The molecule has 6 nitrogen and oxygen atoms in total. The van der Waals surface area contributed by atoms with Crippen LogP contribution < -0.4 is 15.4 Å². The van der Waals surface area contributed by atoms with E-state index in [1.54, 1.807) is 31.4 Å². The van der Waals surface area contributed by atoms with Crippen LogP contribution in [-0.2, 0) is 11.2 Å². The fourth-order valence-corrected chi connectivity index (χ4v) is 3.04. The number of hydrogen-bond acceptors (Lipinski definition) is 4. The molecule has 0 aromatic heterocycles. The second kappa shape index (κ2) is 9.90. The third kappa shape index (κ3) is 5.57. The zero-order valence-corrected chi connectivity index (χ0v) is 16.4. The van der Waals surface area contributed by atoms with Gasteiger partial charge in [0.25, 0.3) is 5.91 Å². The number of benzene rings is 2. The van der Waals surface area contributed by atoms with E-state index in [1.807, 2.05) is 12.1 Å². The Balaban J connectivity index is 1.76.